The van der Waals surface area contributed by atoms with Crippen LogP contribution in [0.5, 0.6) is 5.75 Å². The van der Waals surface area contributed by atoms with E-state index in [4.69, 9.17) is 9.84 Å². The molecule has 0 spiro atoms. The number of rotatable bonds is 2. The highest BCUT2D eigenvalue weighted by atomic mass is 16.5. The maximum Gasteiger partial charge on any atom is 0.339 e. The largest absolute Gasteiger partial charge is 0.494 e. The second kappa shape index (κ2) is 3.27. The molecular weight excluding hydrogens is 196 g/mol. The van der Waals surface area contributed by atoms with E-state index < -0.39 is 5.97 Å². The number of carbonyl (C=O) groups is 1. The standard InChI is InChI=1S/C10H10N2O3/c1-5-7(10(13)14)9-8(12-5)6(15-2)3-4-11-9/h3-4,12H,1-2H3,(H,13,14). The number of aromatic amines is 1. The Morgan fingerprint density at radius 2 is 2.33 bits per heavy atom. The fourth-order valence-electron chi connectivity index (χ4n) is 1.61. The fraction of sp³-hybridized carbons (Fsp3) is 0.200. The first-order valence-electron chi connectivity index (χ1n) is 4.39. The van der Waals surface area contributed by atoms with Gasteiger partial charge in [0.05, 0.1) is 7.11 Å². The van der Waals surface area contributed by atoms with Gasteiger partial charge in [-0.1, -0.05) is 0 Å². The molecule has 5 nitrogen and oxygen atoms in total. The molecule has 15 heavy (non-hydrogen) atoms. The Labute approximate surface area is 85.7 Å². The van der Waals surface area contributed by atoms with E-state index in [2.05, 4.69) is 9.97 Å². The molecule has 0 bridgehead atoms. The lowest BCUT2D eigenvalue weighted by molar-refractivity contribution is 0.0698. The molecule has 0 aliphatic rings. The zero-order chi connectivity index (χ0) is 11.0. The van der Waals surface area contributed by atoms with Crippen molar-refractivity contribution in [1.29, 1.82) is 0 Å². The van der Waals surface area contributed by atoms with Crippen molar-refractivity contribution in [3.05, 3.63) is 23.5 Å². The maximum atomic E-state index is 11.0. The molecular formula is C10H10N2O3. The molecule has 0 fully saturated rings. The molecule has 0 radical (unpaired) electrons. The minimum Gasteiger partial charge on any atom is -0.494 e. The molecule has 2 rings (SSSR count). The summed E-state index contributed by atoms with van der Waals surface area (Å²) in [4.78, 5) is 18.0. The molecule has 2 aromatic heterocycles. The van der Waals surface area contributed by atoms with E-state index in [0.717, 1.165) is 0 Å². The topological polar surface area (TPSA) is 75.2 Å². The van der Waals surface area contributed by atoms with E-state index in [1.165, 1.54) is 13.3 Å². The summed E-state index contributed by atoms with van der Waals surface area (Å²) in [7, 11) is 1.53. The third-order valence-corrected chi connectivity index (χ3v) is 2.27. The molecule has 78 valence electrons. The van der Waals surface area contributed by atoms with Gasteiger partial charge in [0.1, 0.15) is 22.3 Å². The average Bonchev–Trinajstić information content (AvgIpc) is 2.53. The first-order chi connectivity index (χ1) is 7.15. The van der Waals surface area contributed by atoms with Crippen molar-refractivity contribution in [3.63, 3.8) is 0 Å². The highest BCUT2D eigenvalue weighted by Gasteiger charge is 2.18. The molecule has 0 unspecified atom stereocenters. The minimum absolute atomic E-state index is 0.198. The van der Waals surface area contributed by atoms with Gasteiger partial charge in [-0.2, -0.15) is 0 Å². The van der Waals surface area contributed by atoms with Crippen LogP contribution in [-0.2, 0) is 0 Å². The van der Waals surface area contributed by atoms with Gasteiger partial charge in [-0.05, 0) is 6.92 Å². The predicted molar refractivity (Wildman–Crippen MR) is 54.3 cm³/mol. The lowest BCUT2D eigenvalue weighted by atomic mass is 10.2. The van der Waals surface area contributed by atoms with Crippen LogP contribution in [0.1, 0.15) is 16.1 Å². The zero-order valence-corrected chi connectivity index (χ0v) is 8.37. The Balaban J connectivity index is 2.84. The van der Waals surface area contributed by atoms with E-state index >= 15 is 0 Å². The van der Waals surface area contributed by atoms with E-state index in [1.54, 1.807) is 13.0 Å². The number of carboxylic acids is 1. The summed E-state index contributed by atoms with van der Waals surface area (Å²) >= 11 is 0. The van der Waals surface area contributed by atoms with Crippen LogP contribution in [0.2, 0.25) is 0 Å². The third kappa shape index (κ3) is 1.32. The van der Waals surface area contributed by atoms with Crippen LogP contribution in [-0.4, -0.2) is 28.2 Å². The van der Waals surface area contributed by atoms with Crippen molar-refractivity contribution < 1.29 is 14.6 Å². The van der Waals surface area contributed by atoms with Crippen molar-refractivity contribution in [2.24, 2.45) is 0 Å². The quantitative estimate of drug-likeness (QED) is 0.782. The molecule has 5 heteroatoms. The second-order valence-electron chi connectivity index (χ2n) is 3.17. The van der Waals surface area contributed by atoms with Crippen molar-refractivity contribution in [1.82, 2.24) is 9.97 Å². The van der Waals surface area contributed by atoms with Gasteiger partial charge in [0.15, 0.2) is 0 Å². The highest BCUT2D eigenvalue weighted by molar-refractivity contribution is 6.04. The second-order valence-corrected chi connectivity index (χ2v) is 3.17. The molecule has 0 amide bonds. The van der Waals surface area contributed by atoms with Crippen LogP contribution in [0.15, 0.2) is 12.3 Å². The van der Waals surface area contributed by atoms with E-state index in [0.29, 0.717) is 22.5 Å². The van der Waals surface area contributed by atoms with Gasteiger partial charge in [-0.15, -0.1) is 0 Å². The summed E-state index contributed by atoms with van der Waals surface area (Å²) in [5.41, 5.74) is 1.83. The number of hydrogen-bond acceptors (Lipinski definition) is 3. The number of nitrogens with zero attached hydrogens (tertiary/aromatic N) is 1. The van der Waals surface area contributed by atoms with E-state index in [-0.39, 0.29) is 5.56 Å². The SMILES string of the molecule is COc1ccnc2c(C(=O)O)c(C)[nH]c12. The van der Waals surface area contributed by atoms with Crippen molar-refractivity contribution >= 4 is 17.0 Å². The molecule has 2 aromatic rings. The lowest BCUT2D eigenvalue weighted by Gasteiger charge is -1.99. The molecule has 0 saturated heterocycles. The number of hydrogen-bond donors (Lipinski definition) is 2. The molecule has 0 atom stereocenters. The molecule has 0 aliphatic carbocycles. The molecule has 2 heterocycles. The Morgan fingerprint density at radius 3 is 2.93 bits per heavy atom. The number of fused-ring (bicyclic) bond motifs is 1. The normalized spacial score (nSPS) is 10.5. The number of aromatic carboxylic acids is 1. The zero-order valence-electron chi connectivity index (χ0n) is 8.37. The first-order valence-corrected chi connectivity index (χ1v) is 4.39. The number of aryl methyl sites for hydroxylation is 1. The van der Waals surface area contributed by atoms with Gasteiger partial charge < -0.3 is 14.8 Å². The summed E-state index contributed by atoms with van der Waals surface area (Å²) in [5, 5.41) is 9.02. The highest BCUT2D eigenvalue weighted by Crippen LogP contribution is 2.27. The summed E-state index contributed by atoms with van der Waals surface area (Å²) in [6.45, 7) is 1.70. The van der Waals surface area contributed by atoms with Gasteiger partial charge >= 0.3 is 5.97 Å². The third-order valence-electron chi connectivity index (χ3n) is 2.27. The summed E-state index contributed by atoms with van der Waals surface area (Å²) in [6, 6.07) is 1.68. The summed E-state index contributed by atoms with van der Waals surface area (Å²) < 4.78 is 5.11. The number of ether oxygens (including phenoxy) is 1. The van der Waals surface area contributed by atoms with Crippen LogP contribution in [0, 0.1) is 6.92 Å². The predicted octanol–water partition coefficient (Wildman–Crippen LogP) is 1.58. The smallest absolute Gasteiger partial charge is 0.339 e. The van der Waals surface area contributed by atoms with Crippen LogP contribution in [0.3, 0.4) is 0 Å². The Morgan fingerprint density at radius 1 is 1.60 bits per heavy atom. The number of H-pyrrole nitrogens is 1. The lowest BCUT2D eigenvalue weighted by Crippen LogP contribution is -1.97. The van der Waals surface area contributed by atoms with E-state index in [9.17, 15) is 4.79 Å². The van der Waals surface area contributed by atoms with Crippen LogP contribution < -0.4 is 4.74 Å². The van der Waals surface area contributed by atoms with Crippen LogP contribution in [0.4, 0.5) is 0 Å². The summed E-state index contributed by atoms with van der Waals surface area (Å²) in [5.74, 6) is -0.393. The number of aromatic nitrogens is 2. The van der Waals surface area contributed by atoms with Crippen molar-refractivity contribution in [2.45, 2.75) is 6.92 Å². The Hall–Kier alpha value is -2.04. The van der Waals surface area contributed by atoms with Gasteiger partial charge in [-0.3, -0.25) is 4.98 Å². The number of methoxy groups -OCH3 is 1. The molecule has 0 saturated carbocycles. The first kappa shape index (κ1) is 9.51. The van der Waals surface area contributed by atoms with Crippen LogP contribution in [0.25, 0.3) is 11.0 Å². The molecule has 0 aromatic carbocycles. The van der Waals surface area contributed by atoms with Crippen molar-refractivity contribution in [2.75, 3.05) is 7.11 Å². The maximum absolute atomic E-state index is 11.0. The van der Waals surface area contributed by atoms with Crippen LogP contribution >= 0.6 is 0 Å². The number of pyridine rings is 1. The van der Waals surface area contributed by atoms with Gasteiger partial charge in [0.25, 0.3) is 0 Å². The van der Waals surface area contributed by atoms with Gasteiger partial charge in [0, 0.05) is 18.0 Å². The number of nitrogens with one attached hydrogen (secondary N) is 1. The van der Waals surface area contributed by atoms with Gasteiger partial charge in [-0.25, -0.2) is 4.79 Å². The summed E-state index contributed by atoms with van der Waals surface area (Å²) in [6.07, 6.45) is 1.53. The number of carboxylic acid groups (broad SMARTS) is 1. The molecule has 0 aliphatic heterocycles. The van der Waals surface area contributed by atoms with Crippen molar-refractivity contribution in [3.8, 4) is 5.75 Å². The van der Waals surface area contributed by atoms with Gasteiger partial charge in [0.2, 0.25) is 0 Å². The fourth-order valence-corrected chi connectivity index (χ4v) is 1.61. The Bertz CT molecular complexity index is 531. The molecule has 2 N–H and O–H groups in total. The van der Waals surface area contributed by atoms with E-state index in [1.807, 2.05) is 0 Å². The Kier molecular flexibility index (Phi) is 2.07. The monoisotopic (exact) mass is 206 g/mol. The minimum atomic E-state index is -0.987. The average molecular weight is 206 g/mol.